The molecule has 0 radical (unpaired) electrons. The molecule has 0 amide bonds. The zero-order chi connectivity index (χ0) is 9.36. The fourth-order valence-corrected chi connectivity index (χ4v) is 1.58. The van der Waals surface area contributed by atoms with E-state index in [1.165, 1.54) is 44.1 Å². The highest BCUT2D eigenvalue weighted by Crippen LogP contribution is 2.08. The van der Waals surface area contributed by atoms with Crippen LogP contribution in [-0.4, -0.2) is 0 Å². The molecule has 0 heteroatoms. The Morgan fingerprint density at radius 2 is 1.50 bits per heavy atom. The molecule has 0 atom stereocenters. The molecule has 0 nitrogen and oxygen atoms in total. The van der Waals surface area contributed by atoms with Gasteiger partial charge in [0, 0.05) is 0 Å². The van der Waals surface area contributed by atoms with Gasteiger partial charge in [-0.3, -0.25) is 0 Å². The predicted molar refractivity (Wildman–Crippen MR) is 65.6 cm³/mol. The molecule has 0 spiro atoms. The maximum Gasteiger partial charge on any atom is -0.0279 e. The predicted octanol–water partition coefficient (Wildman–Crippen LogP) is 4.84. The molecule has 0 aliphatic carbocycles. The Hall–Kier alpha value is -0.780. The number of aryl methyl sites for hydroxylation is 1. The van der Waals surface area contributed by atoms with E-state index < -0.39 is 0 Å². The van der Waals surface area contributed by atoms with Crippen molar-refractivity contribution in [2.75, 3.05) is 0 Å². The van der Waals surface area contributed by atoms with E-state index in [-0.39, 0.29) is 7.43 Å². The third-order valence-electron chi connectivity index (χ3n) is 2.41. The van der Waals surface area contributed by atoms with Gasteiger partial charge in [0.2, 0.25) is 0 Å². The van der Waals surface area contributed by atoms with Crippen molar-refractivity contribution in [2.24, 2.45) is 0 Å². The molecular weight excluding hydrogens is 168 g/mol. The molecule has 0 bridgehead atoms. The monoisotopic (exact) mass is 192 g/mol. The van der Waals surface area contributed by atoms with Crippen molar-refractivity contribution in [3.63, 3.8) is 0 Å². The van der Waals surface area contributed by atoms with E-state index in [1.807, 2.05) is 0 Å². The van der Waals surface area contributed by atoms with E-state index in [2.05, 4.69) is 37.3 Å². The topological polar surface area (TPSA) is 0 Å². The Morgan fingerprint density at radius 1 is 0.857 bits per heavy atom. The molecule has 14 heavy (non-hydrogen) atoms. The SMILES string of the molecule is C.CCCCCCCc1ccccc1. The minimum absolute atomic E-state index is 0. The van der Waals surface area contributed by atoms with E-state index in [0.717, 1.165) is 0 Å². The first-order valence-electron chi connectivity index (χ1n) is 5.47. The van der Waals surface area contributed by atoms with Crippen molar-refractivity contribution in [2.45, 2.75) is 52.9 Å². The minimum atomic E-state index is 0. The lowest BCUT2D eigenvalue weighted by Gasteiger charge is -2.00. The molecule has 80 valence electrons. The molecular formula is C14H24. The molecule has 0 aromatic heterocycles. The summed E-state index contributed by atoms with van der Waals surface area (Å²) in [5.74, 6) is 0. The van der Waals surface area contributed by atoms with Gasteiger partial charge in [0.25, 0.3) is 0 Å². The Morgan fingerprint density at radius 3 is 2.14 bits per heavy atom. The van der Waals surface area contributed by atoms with Gasteiger partial charge in [0.05, 0.1) is 0 Å². The highest BCUT2D eigenvalue weighted by molar-refractivity contribution is 5.14. The summed E-state index contributed by atoms with van der Waals surface area (Å²) in [4.78, 5) is 0. The molecule has 0 N–H and O–H groups in total. The van der Waals surface area contributed by atoms with Crippen molar-refractivity contribution < 1.29 is 0 Å². The number of rotatable bonds is 6. The first kappa shape index (κ1) is 13.2. The summed E-state index contributed by atoms with van der Waals surface area (Å²) in [6.07, 6.45) is 8.14. The number of hydrogen-bond acceptors (Lipinski definition) is 0. The van der Waals surface area contributed by atoms with Crippen molar-refractivity contribution in [3.8, 4) is 0 Å². The Balaban J connectivity index is 0.00000169. The second-order valence-corrected chi connectivity index (χ2v) is 3.65. The van der Waals surface area contributed by atoms with Crippen molar-refractivity contribution in [3.05, 3.63) is 35.9 Å². The van der Waals surface area contributed by atoms with Gasteiger partial charge in [0.1, 0.15) is 0 Å². The molecule has 0 heterocycles. The smallest absolute Gasteiger partial charge is 0.0279 e. The van der Waals surface area contributed by atoms with Crippen LogP contribution in [0.1, 0.15) is 52.0 Å². The fraction of sp³-hybridized carbons (Fsp3) is 0.571. The second kappa shape index (κ2) is 8.80. The van der Waals surface area contributed by atoms with Gasteiger partial charge in [-0.2, -0.15) is 0 Å². The number of benzene rings is 1. The Labute approximate surface area is 89.4 Å². The van der Waals surface area contributed by atoms with Gasteiger partial charge in [0.15, 0.2) is 0 Å². The van der Waals surface area contributed by atoms with Crippen molar-refractivity contribution >= 4 is 0 Å². The Kier molecular flexibility index (Phi) is 8.31. The van der Waals surface area contributed by atoms with E-state index in [1.54, 1.807) is 0 Å². The summed E-state index contributed by atoms with van der Waals surface area (Å²) < 4.78 is 0. The Bertz CT molecular complexity index is 201. The summed E-state index contributed by atoms with van der Waals surface area (Å²) in [5, 5.41) is 0. The van der Waals surface area contributed by atoms with Crippen LogP contribution in [0.2, 0.25) is 0 Å². The van der Waals surface area contributed by atoms with Gasteiger partial charge >= 0.3 is 0 Å². The highest BCUT2D eigenvalue weighted by atomic mass is 14.0. The van der Waals surface area contributed by atoms with Gasteiger partial charge in [-0.15, -0.1) is 0 Å². The second-order valence-electron chi connectivity index (χ2n) is 3.65. The van der Waals surface area contributed by atoms with Crippen LogP contribution < -0.4 is 0 Å². The molecule has 0 unspecified atom stereocenters. The van der Waals surface area contributed by atoms with Gasteiger partial charge < -0.3 is 0 Å². The lowest BCUT2D eigenvalue weighted by molar-refractivity contribution is 0.632. The minimum Gasteiger partial charge on any atom is -0.0776 e. The maximum atomic E-state index is 2.26. The van der Waals surface area contributed by atoms with Crippen LogP contribution in [0.25, 0.3) is 0 Å². The number of unbranched alkanes of at least 4 members (excludes halogenated alkanes) is 4. The third-order valence-corrected chi connectivity index (χ3v) is 2.41. The van der Waals surface area contributed by atoms with Crippen LogP contribution in [0.5, 0.6) is 0 Å². The summed E-state index contributed by atoms with van der Waals surface area (Å²) in [6.45, 7) is 2.26. The molecule has 0 aliphatic rings. The van der Waals surface area contributed by atoms with Crippen LogP contribution in [0.3, 0.4) is 0 Å². The average Bonchev–Trinajstić information content (AvgIpc) is 2.19. The molecule has 0 fully saturated rings. The number of hydrogen-bond donors (Lipinski definition) is 0. The average molecular weight is 192 g/mol. The largest absolute Gasteiger partial charge is 0.0776 e. The van der Waals surface area contributed by atoms with Crippen LogP contribution in [0, 0.1) is 0 Å². The van der Waals surface area contributed by atoms with Crippen LogP contribution in [-0.2, 0) is 6.42 Å². The summed E-state index contributed by atoms with van der Waals surface area (Å²) in [6, 6.07) is 10.8. The molecule has 0 saturated carbocycles. The van der Waals surface area contributed by atoms with E-state index in [0.29, 0.717) is 0 Å². The van der Waals surface area contributed by atoms with Crippen LogP contribution >= 0.6 is 0 Å². The third kappa shape index (κ3) is 5.80. The van der Waals surface area contributed by atoms with Gasteiger partial charge in [-0.1, -0.05) is 70.4 Å². The molecule has 1 aromatic carbocycles. The van der Waals surface area contributed by atoms with Crippen molar-refractivity contribution in [1.82, 2.24) is 0 Å². The standard InChI is InChI=1S/C13H20.CH4/c1-2-3-4-5-7-10-13-11-8-6-9-12-13;/h6,8-9,11-12H,2-5,7,10H2,1H3;1H4. The molecule has 0 aliphatic heterocycles. The zero-order valence-corrected chi connectivity index (χ0v) is 8.63. The normalized spacial score (nSPS) is 9.50. The van der Waals surface area contributed by atoms with E-state index >= 15 is 0 Å². The molecule has 1 rings (SSSR count). The quantitative estimate of drug-likeness (QED) is 0.566. The van der Waals surface area contributed by atoms with Gasteiger partial charge in [-0.05, 0) is 18.4 Å². The summed E-state index contributed by atoms with van der Waals surface area (Å²) >= 11 is 0. The lowest BCUT2D eigenvalue weighted by Crippen LogP contribution is -1.84. The van der Waals surface area contributed by atoms with Crippen LogP contribution in [0.15, 0.2) is 30.3 Å². The highest BCUT2D eigenvalue weighted by Gasteiger charge is 1.91. The molecule has 0 saturated heterocycles. The summed E-state index contributed by atoms with van der Waals surface area (Å²) in [7, 11) is 0. The maximum absolute atomic E-state index is 2.26. The lowest BCUT2D eigenvalue weighted by atomic mass is 10.1. The summed E-state index contributed by atoms with van der Waals surface area (Å²) in [5.41, 5.74) is 1.49. The zero-order valence-electron chi connectivity index (χ0n) is 8.63. The van der Waals surface area contributed by atoms with Crippen LogP contribution in [0.4, 0.5) is 0 Å². The first-order chi connectivity index (χ1) is 6.43. The first-order valence-corrected chi connectivity index (χ1v) is 5.47. The van der Waals surface area contributed by atoms with E-state index in [9.17, 15) is 0 Å². The van der Waals surface area contributed by atoms with Crippen molar-refractivity contribution in [1.29, 1.82) is 0 Å². The fourth-order valence-electron chi connectivity index (χ4n) is 1.58. The van der Waals surface area contributed by atoms with Gasteiger partial charge in [-0.25, -0.2) is 0 Å². The van der Waals surface area contributed by atoms with E-state index in [4.69, 9.17) is 0 Å². The molecule has 1 aromatic rings.